The van der Waals surface area contributed by atoms with Crippen LogP contribution in [0.2, 0.25) is 5.02 Å². The van der Waals surface area contributed by atoms with E-state index in [1.165, 1.54) is 29.2 Å². The SMILES string of the molecule is CC[C@@H](C(=O)NC1CCCCC1)N(Cc1ccc(F)cc1)C(=O)CN(c1cc(C(F)(F)F)ccc1Cl)S(C)(=O)=O. The first kappa shape index (κ1) is 31.7. The average molecular weight is 606 g/mol. The number of benzene rings is 2. The van der Waals surface area contributed by atoms with Gasteiger partial charge in [-0.3, -0.25) is 13.9 Å². The van der Waals surface area contributed by atoms with E-state index in [1.807, 2.05) is 0 Å². The molecule has 0 bridgehead atoms. The van der Waals surface area contributed by atoms with E-state index in [2.05, 4.69) is 5.32 Å². The summed E-state index contributed by atoms with van der Waals surface area (Å²) in [6.45, 7) is 0.617. The summed E-state index contributed by atoms with van der Waals surface area (Å²) in [6, 6.07) is 6.33. The number of anilines is 1. The lowest BCUT2D eigenvalue weighted by molar-refractivity contribution is -0.140. The minimum atomic E-state index is -4.79. The Kier molecular flexibility index (Phi) is 10.5. The van der Waals surface area contributed by atoms with Crippen LogP contribution in [0.4, 0.5) is 23.2 Å². The number of rotatable bonds is 10. The predicted molar refractivity (Wildman–Crippen MR) is 145 cm³/mol. The molecule has 0 spiro atoms. The zero-order chi connectivity index (χ0) is 29.7. The van der Waals surface area contributed by atoms with Gasteiger partial charge in [-0.25, -0.2) is 12.8 Å². The first-order chi connectivity index (χ1) is 18.7. The number of nitrogens with zero attached hydrogens (tertiary/aromatic N) is 2. The molecule has 0 heterocycles. The van der Waals surface area contributed by atoms with Crippen LogP contribution in [-0.4, -0.2) is 50.0 Å². The van der Waals surface area contributed by atoms with Crippen LogP contribution in [0.15, 0.2) is 42.5 Å². The van der Waals surface area contributed by atoms with Crippen LogP contribution in [0.1, 0.15) is 56.6 Å². The third-order valence-electron chi connectivity index (χ3n) is 6.82. The third-order valence-corrected chi connectivity index (χ3v) is 8.27. The Bertz CT molecular complexity index is 1300. The molecule has 2 amide bonds. The fourth-order valence-corrected chi connectivity index (χ4v) is 5.85. The van der Waals surface area contributed by atoms with Gasteiger partial charge in [-0.1, -0.05) is 49.9 Å². The van der Waals surface area contributed by atoms with Gasteiger partial charge < -0.3 is 10.2 Å². The van der Waals surface area contributed by atoms with Crippen molar-refractivity contribution in [3.8, 4) is 0 Å². The Labute approximate surface area is 236 Å². The summed E-state index contributed by atoms with van der Waals surface area (Å²) in [7, 11) is -4.30. The Morgan fingerprint density at radius 1 is 1.07 bits per heavy atom. The molecule has 13 heteroatoms. The highest BCUT2D eigenvalue weighted by Gasteiger charge is 2.35. The van der Waals surface area contributed by atoms with E-state index >= 15 is 0 Å². The maximum Gasteiger partial charge on any atom is 0.416 e. The monoisotopic (exact) mass is 605 g/mol. The van der Waals surface area contributed by atoms with Gasteiger partial charge in [0, 0.05) is 12.6 Å². The number of sulfonamides is 1. The summed E-state index contributed by atoms with van der Waals surface area (Å²) >= 11 is 6.11. The minimum Gasteiger partial charge on any atom is -0.352 e. The average Bonchev–Trinajstić information content (AvgIpc) is 2.88. The van der Waals surface area contributed by atoms with E-state index in [0.29, 0.717) is 22.0 Å². The Balaban J connectivity index is 1.98. The fraction of sp³-hybridized carbons (Fsp3) is 0.481. The fourth-order valence-electron chi connectivity index (χ4n) is 4.73. The lowest BCUT2D eigenvalue weighted by Gasteiger charge is -2.34. The Morgan fingerprint density at radius 2 is 1.70 bits per heavy atom. The van der Waals surface area contributed by atoms with Gasteiger partial charge in [-0.15, -0.1) is 0 Å². The molecule has 0 saturated heterocycles. The molecule has 1 aliphatic rings. The van der Waals surface area contributed by atoms with Crippen LogP contribution < -0.4 is 9.62 Å². The van der Waals surface area contributed by atoms with Gasteiger partial charge in [0.15, 0.2) is 0 Å². The number of hydrogen-bond donors (Lipinski definition) is 1. The number of amides is 2. The molecular weight excluding hydrogens is 574 g/mol. The number of alkyl halides is 3. The summed E-state index contributed by atoms with van der Waals surface area (Å²) in [5.41, 5.74) is -1.19. The second-order valence-corrected chi connectivity index (χ2v) is 12.2. The zero-order valence-electron chi connectivity index (χ0n) is 22.2. The van der Waals surface area contributed by atoms with Gasteiger partial charge in [-0.2, -0.15) is 13.2 Å². The highest BCUT2D eigenvalue weighted by Crippen LogP contribution is 2.36. The van der Waals surface area contributed by atoms with Crippen LogP contribution >= 0.6 is 11.6 Å². The second-order valence-electron chi connectivity index (χ2n) is 9.85. The van der Waals surface area contributed by atoms with Crippen LogP contribution in [0.25, 0.3) is 0 Å². The molecule has 0 aromatic heterocycles. The molecule has 2 aromatic carbocycles. The van der Waals surface area contributed by atoms with Gasteiger partial charge in [-0.05, 0) is 55.2 Å². The summed E-state index contributed by atoms with van der Waals surface area (Å²) in [4.78, 5) is 28.3. The van der Waals surface area contributed by atoms with E-state index < -0.39 is 57.7 Å². The molecule has 1 fully saturated rings. The van der Waals surface area contributed by atoms with E-state index in [0.717, 1.165) is 44.4 Å². The van der Waals surface area contributed by atoms with Crippen LogP contribution in [-0.2, 0) is 32.3 Å². The van der Waals surface area contributed by atoms with Crippen molar-refractivity contribution in [3.05, 3.63) is 64.4 Å². The summed E-state index contributed by atoms with van der Waals surface area (Å²) in [6.07, 6.45) is 0.711. The molecule has 0 unspecified atom stereocenters. The predicted octanol–water partition coefficient (Wildman–Crippen LogP) is 5.52. The van der Waals surface area contributed by atoms with Crippen molar-refractivity contribution in [3.63, 3.8) is 0 Å². The molecule has 0 radical (unpaired) electrons. The first-order valence-corrected chi connectivity index (χ1v) is 15.1. The molecule has 1 atom stereocenters. The van der Waals surface area contributed by atoms with Crippen molar-refractivity contribution in [1.82, 2.24) is 10.2 Å². The smallest absolute Gasteiger partial charge is 0.352 e. The van der Waals surface area contributed by atoms with Crippen molar-refractivity contribution < 1.29 is 35.6 Å². The maximum absolute atomic E-state index is 13.7. The molecule has 0 aliphatic heterocycles. The molecule has 220 valence electrons. The van der Waals surface area contributed by atoms with Gasteiger partial charge in [0.1, 0.15) is 18.4 Å². The number of hydrogen-bond acceptors (Lipinski definition) is 4. The lowest BCUT2D eigenvalue weighted by atomic mass is 9.95. The van der Waals surface area contributed by atoms with Crippen molar-refractivity contribution in [2.24, 2.45) is 0 Å². The highest BCUT2D eigenvalue weighted by molar-refractivity contribution is 7.92. The minimum absolute atomic E-state index is 0.0606. The highest BCUT2D eigenvalue weighted by atomic mass is 35.5. The summed E-state index contributed by atoms with van der Waals surface area (Å²) in [5.74, 6) is -1.77. The van der Waals surface area contributed by atoms with Crippen molar-refractivity contribution in [1.29, 1.82) is 0 Å². The largest absolute Gasteiger partial charge is 0.416 e. The van der Waals surface area contributed by atoms with Crippen molar-refractivity contribution in [2.75, 3.05) is 17.1 Å². The van der Waals surface area contributed by atoms with E-state index in [9.17, 15) is 35.6 Å². The maximum atomic E-state index is 13.7. The number of carbonyl (C=O) groups excluding carboxylic acids is 2. The zero-order valence-corrected chi connectivity index (χ0v) is 23.8. The number of nitrogens with one attached hydrogen (secondary N) is 1. The second kappa shape index (κ2) is 13.2. The summed E-state index contributed by atoms with van der Waals surface area (Å²) < 4.78 is 79.7. The Hall–Kier alpha value is -2.86. The topological polar surface area (TPSA) is 86.8 Å². The number of carbonyl (C=O) groups is 2. The first-order valence-electron chi connectivity index (χ1n) is 12.9. The standard InChI is InChI=1S/C27H32ClF4N3O4S/c1-3-23(26(37)33-21-7-5-4-6-8-21)34(16-18-9-12-20(29)13-10-18)25(36)17-35(40(2,38)39)24-15-19(27(30,31)32)11-14-22(24)28/h9-15,21,23H,3-8,16-17H2,1-2H3,(H,33,37)/t23-/m0/s1. The lowest BCUT2D eigenvalue weighted by Crippen LogP contribution is -2.54. The molecule has 3 rings (SSSR count). The molecular formula is C27H32ClF4N3O4S. The quantitative estimate of drug-likeness (QED) is 0.361. The third kappa shape index (κ3) is 8.33. The molecule has 2 aromatic rings. The number of halogens is 5. The Morgan fingerprint density at radius 3 is 2.25 bits per heavy atom. The van der Waals surface area contributed by atoms with E-state index in [1.54, 1.807) is 6.92 Å². The van der Waals surface area contributed by atoms with Crippen LogP contribution in [0.3, 0.4) is 0 Å². The molecule has 1 saturated carbocycles. The van der Waals surface area contributed by atoms with Gasteiger partial charge in [0.2, 0.25) is 21.8 Å². The van der Waals surface area contributed by atoms with E-state index in [4.69, 9.17) is 11.6 Å². The van der Waals surface area contributed by atoms with Gasteiger partial charge in [0.05, 0.1) is 22.5 Å². The molecule has 7 nitrogen and oxygen atoms in total. The van der Waals surface area contributed by atoms with Crippen molar-refractivity contribution in [2.45, 2.75) is 70.3 Å². The van der Waals surface area contributed by atoms with Crippen LogP contribution in [0, 0.1) is 5.82 Å². The van der Waals surface area contributed by atoms with Gasteiger partial charge >= 0.3 is 6.18 Å². The summed E-state index contributed by atoms with van der Waals surface area (Å²) in [5, 5.41) is 2.67. The van der Waals surface area contributed by atoms with Crippen molar-refractivity contribution >= 4 is 39.1 Å². The van der Waals surface area contributed by atoms with Gasteiger partial charge in [0.25, 0.3) is 0 Å². The molecule has 1 N–H and O–H groups in total. The molecule has 40 heavy (non-hydrogen) atoms. The van der Waals surface area contributed by atoms with E-state index in [-0.39, 0.29) is 24.0 Å². The molecule has 1 aliphatic carbocycles. The normalized spacial score (nSPS) is 15.4. The van der Waals surface area contributed by atoms with Crippen LogP contribution in [0.5, 0.6) is 0 Å².